The second-order valence-corrected chi connectivity index (χ2v) is 10.7. The van der Waals surface area contributed by atoms with Gasteiger partial charge >= 0.3 is 5.97 Å². The van der Waals surface area contributed by atoms with Gasteiger partial charge in [-0.1, -0.05) is 17.7 Å². The van der Waals surface area contributed by atoms with E-state index in [1.54, 1.807) is 38.1 Å². The number of anilines is 2. The number of fused-ring (bicyclic) bond motifs is 1. The summed E-state index contributed by atoms with van der Waals surface area (Å²) < 4.78 is 11.1. The van der Waals surface area contributed by atoms with Crippen LogP contribution in [0.5, 0.6) is 5.75 Å². The minimum atomic E-state index is -0.737. The van der Waals surface area contributed by atoms with Crippen LogP contribution in [0.3, 0.4) is 0 Å². The zero-order valence-corrected chi connectivity index (χ0v) is 23.3. The van der Waals surface area contributed by atoms with E-state index in [1.165, 1.54) is 11.3 Å². The van der Waals surface area contributed by atoms with Gasteiger partial charge in [0.2, 0.25) is 0 Å². The minimum Gasteiger partial charge on any atom is -0.481 e. The quantitative estimate of drug-likeness (QED) is 0.327. The van der Waals surface area contributed by atoms with Crippen molar-refractivity contribution in [1.29, 1.82) is 0 Å². The Labute approximate surface area is 227 Å². The predicted molar refractivity (Wildman–Crippen MR) is 151 cm³/mol. The number of nitrogens with one attached hydrogen (secondary N) is 2. The zero-order chi connectivity index (χ0) is 27.4. The summed E-state index contributed by atoms with van der Waals surface area (Å²) in [6.45, 7) is 9.68. The average molecular weight is 535 g/mol. The zero-order valence-electron chi connectivity index (χ0n) is 22.5. The number of aryl methyl sites for hydroxylation is 4. The van der Waals surface area contributed by atoms with E-state index in [0.717, 1.165) is 58.5 Å². The lowest BCUT2D eigenvalue weighted by Gasteiger charge is -2.18. The van der Waals surface area contributed by atoms with Gasteiger partial charge in [-0.2, -0.15) is 0 Å². The molecule has 200 valence electrons. The van der Waals surface area contributed by atoms with Gasteiger partial charge in [-0.05, 0) is 101 Å². The van der Waals surface area contributed by atoms with Crippen LogP contribution in [0.15, 0.2) is 36.4 Å². The molecule has 0 saturated carbocycles. The number of carbonyl (C=O) groups excluding carboxylic acids is 3. The van der Waals surface area contributed by atoms with Crippen LogP contribution < -0.4 is 15.4 Å². The number of ether oxygens (including phenoxy) is 2. The number of benzene rings is 2. The number of hydrogen-bond acceptors (Lipinski definition) is 6. The molecule has 1 atom stereocenters. The fourth-order valence-electron chi connectivity index (χ4n) is 4.79. The Morgan fingerprint density at radius 3 is 2.29 bits per heavy atom. The Bertz CT molecular complexity index is 1340. The number of rotatable bonds is 8. The van der Waals surface area contributed by atoms with Crippen molar-refractivity contribution in [3.63, 3.8) is 0 Å². The van der Waals surface area contributed by atoms with Gasteiger partial charge < -0.3 is 20.1 Å². The number of esters is 1. The smallest absolute Gasteiger partial charge is 0.341 e. The maximum atomic E-state index is 13.0. The molecule has 2 N–H and O–H groups in total. The standard InChI is InChI=1S/C30H34N2O5S/c1-6-36-30(35)25-23-9-7-8-10-24(23)38-29(25)32-28(34)21-11-13-22(14-12-21)37-20(5)27(33)31-26-18(3)15-17(2)16-19(26)4/h11-16,20H,6-10H2,1-5H3,(H,31,33)(H,32,34). The maximum Gasteiger partial charge on any atom is 0.341 e. The lowest BCUT2D eigenvalue weighted by Crippen LogP contribution is -2.30. The van der Waals surface area contributed by atoms with E-state index in [4.69, 9.17) is 9.47 Å². The Balaban J connectivity index is 1.42. The molecule has 0 bridgehead atoms. The number of carbonyl (C=O) groups is 3. The van der Waals surface area contributed by atoms with Crippen molar-refractivity contribution in [3.8, 4) is 5.75 Å². The molecule has 1 aromatic heterocycles. The van der Waals surface area contributed by atoms with E-state index in [2.05, 4.69) is 10.6 Å². The van der Waals surface area contributed by atoms with Crippen molar-refractivity contribution in [2.45, 2.75) is 66.4 Å². The third kappa shape index (κ3) is 6.07. The second-order valence-electron chi connectivity index (χ2n) is 9.64. The highest BCUT2D eigenvalue weighted by Crippen LogP contribution is 2.39. The van der Waals surface area contributed by atoms with Gasteiger partial charge in [0.15, 0.2) is 6.10 Å². The molecule has 7 nitrogen and oxygen atoms in total. The summed E-state index contributed by atoms with van der Waals surface area (Å²) >= 11 is 1.46. The van der Waals surface area contributed by atoms with Crippen LogP contribution in [0.4, 0.5) is 10.7 Å². The number of thiophene rings is 1. The molecule has 0 fully saturated rings. The van der Waals surface area contributed by atoms with Gasteiger partial charge in [0.05, 0.1) is 12.2 Å². The highest BCUT2D eigenvalue weighted by molar-refractivity contribution is 7.17. The topological polar surface area (TPSA) is 93.7 Å². The molecule has 1 aliphatic carbocycles. The molecule has 1 heterocycles. The molecule has 2 amide bonds. The lowest BCUT2D eigenvalue weighted by molar-refractivity contribution is -0.122. The maximum absolute atomic E-state index is 13.0. The first kappa shape index (κ1) is 27.4. The Morgan fingerprint density at radius 1 is 0.974 bits per heavy atom. The second kappa shape index (κ2) is 11.8. The van der Waals surface area contributed by atoms with Crippen molar-refractivity contribution < 1.29 is 23.9 Å². The van der Waals surface area contributed by atoms with E-state index in [9.17, 15) is 14.4 Å². The molecule has 1 unspecified atom stereocenters. The van der Waals surface area contributed by atoms with Crippen LogP contribution in [-0.4, -0.2) is 30.5 Å². The van der Waals surface area contributed by atoms with Crippen molar-refractivity contribution in [1.82, 2.24) is 0 Å². The first-order valence-corrected chi connectivity index (χ1v) is 13.8. The Kier molecular flexibility index (Phi) is 8.52. The highest BCUT2D eigenvalue weighted by Gasteiger charge is 2.27. The molecule has 8 heteroatoms. The normalized spacial score (nSPS) is 13.3. The van der Waals surface area contributed by atoms with Gasteiger partial charge in [0.25, 0.3) is 11.8 Å². The van der Waals surface area contributed by atoms with Crippen LogP contribution in [0.25, 0.3) is 0 Å². The predicted octanol–water partition coefficient (Wildman–Crippen LogP) is 6.39. The third-order valence-electron chi connectivity index (χ3n) is 6.60. The minimum absolute atomic E-state index is 0.255. The van der Waals surface area contributed by atoms with Gasteiger partial charge in [0.1, 0.15) is 10.8 Å². The molecule has 0 radical (unpaired) electrons. The summed E-state index contributed by atoms with van der Waals surface area (Å²) in [5.74, 6) is -0.499. The lowest BCUT2D eigenvalue weighted by atomic mass is 9.95. The summed E-state index contributed by atoms with van der Waals surface area (Å²) in [6.07, 6.45) is 3.08. The van der Waals surface area contributed by atoms with Crippen LogP contribution in [0.1, 0.15) is 74.5 Å². The fourth-order valence-corrected chi connectivity index (χ4v) is 6.07. The van der Waals surface area contributed by atoms with Crippen molar-refractivity contribution >= 4 is 39.8 Å². The van der Waals surface area contributed by atoms with Crippen LogP contribution in [0.2, 0.25) is 0 Å². The molecule has 0 aliphatic heterocycles. The molecule has 2 aromatic carbocycles. The summed E-state index contributed by atoms with van der Waals surface area (Å²) in [5.41, 5.74) is 5.83. The average Bonchev–Trinajstić information content (AvgIpc) is 3.24. The SMILES string of the molecule is CCOC(=O)c1c(NC(=O)c2ccc(OC(C)C(=O)Nc3c(C)cc(C)cc3C)cc2)sc2c1CCCC2. The molecule has 3 aromatic rings. The van der Waals surface area contributed by atoms with E-state index in [0.29, 0.717) is 21.9 Å². The molecule has 0 saturated heterocycles. The molecule has 4 rings (SSSR count). The first-order chi connectivity index (χ1) is 18.2. The first-order valence-electron chi connectivity index (χ1n) is 13.0. The number of amides is 2. The summed E-state index contributed by atoms with van der Waals surface area (Å²) in [4.78, 5) is 39.6. The highest BCUT2D eigenvalue weighted by atomic mass is 32.1. The van der Waals surface area contributed by atoms with E-state index < -0.39 is 12.1 Å². The largest absolute Gasteiger partial charge is 0.481 e. The monoisotopic (exact) mass is 534 g/mol. The molecular formula is C30H34N2O5S. The third-order valence-corrected chi connectivity index (χ3v) is 7.81. The molecule has 0 spiro atoms. The van der Waals surface area contributed by atoms with Crippen molar-refractivity contribution in [2.75, 3.05) is 17.2 Å². The van der Waals surface area contributed by atoms with Gasteiger partial charge in [-0.25, -0.2) is 4.79 Å². The van der Waals surface area contributed by atoms with E-state index in [1.807, 2.05) is 32.9 Å². The van der Waals surface area contributed by atoms with Crippen LogP contribution >= 0.6 is 11.3 Å². The van der Waals surface area contributed by atoms with Crippen molar-refractivity contribution in [3.05, 3.63) is 74.7 Å². The molecule has 1 aliphatic rings. The van der Waals surface area contributed by atoms with Gasteiger partial charge in [-0.3, -0.25) is 9.59 Å². The van der Waals surface area contributed by atoms with E-state index in [-0.39, 0.29) is 18.4 Å². The van der Waals surface area contributed by atoms with Crippen molar-refractivity contribution in [2.24, 2.45) is 0 Å². The van der Waals surface area contributed by atoms with Gasteiger partial charge in [0, 0.05) is 16.1 Å². The summed E-state index contributed by atoms with van der Waals surface area (Å²) in [7, 11) is 0. The fraction of sp³-hybridized carbons (Fsp3) is 0.367. The van der Waals surface area contributed by atoms with Crippen LogP contribution in [-0.2, 0) is 22.4 Å². The van der Waals surface area contributed by atoms with Crippen LogP contribution in [0, 0.1) is 20.8 Å². The molecule has 38 heavy (non-hydrogen) atoms. The summed E-state index contributed by atoms with van der Waals surface area (Å²) in [6, 6.07) is 10.7. The van der Waals surface area contributed by atoms with Gasteiger partial charge in [-0.15, -0.1) is 11.3 Å². The number of hydrogen-bond donors (Lipinski definition) is 2. The Morgan fingerprint density at radius 2 is 1.63 bits per heavy atom. The summed E-state index contributed by atoms with van der Waals surface area (Å²) in [5, 5.41) is 6.41. The molecular weight excluding hydrogens is 500 g/mol. The Hall–Kier alpha value is -3.65. The van der Waals surface area contributed by atoms with E-state index >= 15 is 0 Å².